The van der Waals surface area contributed by atoms with Gasteiger partial charge in [-0.15, -0.1) is 0 Å². The van der Waals surface area contributed by atoms with Crippen molar-refractivity contribution in [1.29, 1.82) is 0 Å². The molecule has 0 aromatic heterocycles. The third-order valence-corrected chi connectivity index (χ3v) is 4.41. The highest BCUT2D eigenvalue weighted by Crippen LogP contribution is 2.34. The van der Waals surface area contributed by atoms with Crippen LogP contribution in [0.2, 0.25) is 0 Å². The number of hydrazine groups is 1. The van der Waals surface area contributed by atoms with Gasteiger partial charge in [0.05, 0.1) is 0 Å². The van der Waals surface area contributed by atoms with Gasteiger partial charge in [0, 0.05) is 10.0 Å². The standard InChI is InChI=1S/C16H18BrF6N3O2/c1-3-11(15(18,19)20)25(13(27)9-5-7-10(17)8-6-9)26(14(24)28)12(4-2)16(21,22)23/h5-8,11-12H,3-4H2,1-2H3,(H2,24,28). The molecule has 2 N–H and O–H groups in total. The summed E-state index contributed by atoms with van der Waals surface area (Å²) in [4.78, 5) is 24.6. The molecule has 1 aromatic rings. The van der Waals surface area contributed by atoms with Crippen LogP contribution in [0.5, 0.6) is 0 Å². The number of nitrogens with zero attached hydrogens (tertiary/aromatic N) is 2. The molecule has 0 aliphatic rings. The molecule has 2 atom stereocenters. The number of hydrogen-bond acceptors (Lipinski definition) is 2. The van der Waals surface area contributed by atoms with E-state index in [1.54, 1.807) is 0 Å². The van der Waals surface area contributed by atoms with Gasteiger partial charge in [0.2, 0.25) is 0 Å². The molecule has 0 heterocycles. The maximum atomic E-state index is 13.5. The van der Waals surface area contributed by atoms with Crippen molar-refractivity contribution in [1.82, 2.24) is 10.0 Å². The highest BCUT2D eigenvalue weighted by atomic mass is 79.9. The molecule has 28 heavy (non-hydrogen) atoms. The Hall–Kier alpha value is -1.98. The van der Waals surface area contributed by atoms with E-state index in [1.165, 1.54) is 12.1 Å². The molecule has 0 fully saturated rings. The van der Waals surface area contributed by atoms with Crippen LogP contribution in [-0.4, -0.2) is 46.4 Å². The summed E-state index contributed by atoms with van der Waals surface area (Å²) in [7, 11) is 0. The number of benzene rings is 1. The van der Waals surface area contributed by atoms with E-state index in [-0.39, 0.29) is 15.6 Å². The third-order valence-electron chi connectivity index (χ3n) is 3.88. The van der Waals surface area contributed by atoms with Crippen LogP contribution in [0.15, 0.2) is 28.7 Å². The van der Waals surface area contributed by atoms with Crippen LogP contribution in [-0.2, 0) is 0 Å². The van der Waals surface area contributed by atoms with Crippen LogP contribution in [0.3, 0.4) is 0 Å². The molecule has 1 rings (SSSR count). The maximum Gasteiger partial charge on any atom is 0.410 e. The normalized spacial score (nSPS) is 14.3. The minimum atomic E-state index is -5.11. The second-order valence-electron chi connectivity index (χ2n) is 5.77. The number of nitrogens with two attached hydrogens (primary N) is 1. The number of urea groups is 1. The molecule has 0 saturated heterocycles. The van der Waals surface area contributed by atoms with Crippen molar-refractivity contribution in [2.75, 3.05) is 0 Å². The van der Waals surface area contributed by atoms with Crippen LogP contribution >= 0.6 is 15.9 Å². The fourth-order valence-corrected chi connectivity index (χ4v) is 2.87. The molecule has 0 bridgehead atoms. The zero-order valence-electron chi connectivity index (χ0n) is 14.8. The summed E-state index contributed by atoms with van der Waals surface area (Å²) in [6, 6.07) is -2.32. The summed E-state index contributed by atoms with van der Waals surface area (Å²) in [6.07, 6.45) is -11.8. The molecule has 0 spiro atoms. The van der Waals surface area contributed by atoms with Gasteiger partial charge in [-0.3, -0.25) is 4.79 Å². The minimum Gasteiger partial charge on any atom is -0.350 e. The highest BCUT2D eigenvalue weighted by molar-refractivity contribution is 9.10. The first-order chi connectivity index (χ1) is 12.8. The number of primary amides is 1. The topological polar surface area (TPSA) is 66.6 Å². The van der Waals surface area contributed by atoms with Crippen molar-refractivity contribution < 1.29 is 35.9 Å². The number of rotatable bonds is 5. The Morgan fingerprint density at radius 2 is 1.32 bits per heavy atom. The van der Waals surface area contributed by atoms with Crippen LogP contribution in [0.25, 0.3) is 0 Å². The summed E-state index contributed by atoms with van der Waals surface area (Å²) in [6.45, 7) is 2.05. The van der Waals surface area contributed by atoms with Gasteiger partial charge in [-0.05, 0) is 37.1 Å². The van der Waals surface area contributed by atoms with Crippen molar-refractivity contribution >= 4 is 27.9 Å². The first kappa shape index (κ1) is 24.1. The number of carbonyl (C=O) groups excluding carboxylic acids is 2. The molecule has 0 aliphatic carbocycles. The molecule has 12 heteroatoms. The summed E-state index contributed by atoms with van der Waals surface area (Å²) < 4.78 is 81.3. The lowest BCUT2D eigenvalue weighted by Gasteiger charge is -2.43. The quantitative estimate of drug-likeness (QED) is 0.485. The first-order valence-electron chi connectivity index (χ1n) is 8.06. The van der Waals surface area contributed by atoms with Crippen LogP contribution in [0.4, 0.5) is 31.1 Å². The Morgan fingerprint density at radius 1 is 0.929 bits per heavy atom. The van der Waals surface area contributed by atoms with Crippen molar-refractivity contribution in [2.24, 2.45) is 5.73 Å². The molecular weight excluding hydrogens is 460 g/mol. The largest absolute Gasteiger partial charge is 0.410 e. The number of amides is 3. The highest BCUT2D eigenvalue weighted by Gasteiger charge is 2.53. The van der Waals surface area contributed by atoms with E-state index >= 15 is 0 Å². The fraction of sp³-hybridized carbons (Fsp3) is 0.500. The third kappa shape index (κ3) is 5.52. The lowest BCUT2D eigenvalue weighted by Crippen LogP contribution is -2.65. The maximum absolute atomic E-state index is 13.5. The molecule has 0 aliphatic heterocycles. The SMILES string of the molecule is CCC(N(C(N)=O)N(C(=O)c1ccc(Br)cc1)C(CC)C(F)(F)F)C(F)(F)F. The van der Waals surface area contributed by atoms with Crippen molar-refractivity contribution in [3.63, 3.8) is 0 Å². The van der Waals surface area contributed by atoms with Crippen molar-refractivity contribution in [2.45, 2.75) is 51.1 Å². The summed E-state index contributed by atoms with van der Waals surface area (Å²) in [5, 5.41) is -0.570. The van der Waals surface area contributed by atoms with Gasteiger partial charge >= 0.3 is 18.4 Å². The van der Waals surface area contributed by atoms with Gasteiger partial charge in [-0.1, -0.05) is 29.8 Å². The van der Waals surface area contributed by atoms with Gasteiger partial charge in [0.25, 0.3) is 5.91 Å². The summed E-state index contributed by atoms with van der Waals surface area (Å²) in [5.41, 5.74) is 4.67. The molecule has 5 nitrogen and oxygen atoms in total. The summed E-state index contributed by atoms with van der Waals surface area (Å²) >= 11 is 3.08. The molecule has 2 unspecified atom stereocenters. The fourth-order valence-electron chi connectivity index (χ4n) is 2.61. The van der Waals surface area contributed by atoms with E-state index < -0.39 is 49.2 Å². The molecule has 3 amide bonds. The van der Waals surface area contributed by atoms with Gasteiger partial charge in [0.15, 0.2) is 6.04 Å². The van der Waals surface area contributed by atoms with Crippen LogP contribution < -0.4 is 5.73 Å². The molecule has 1 aromatic carbocycles. The van der Waals surface area contributed by atoms with Crippen molar-refractivity contribution in [3.8, 4) is 0 Å². The van der Waals surface area contributed by atoms with E-state index in [1.807, 2.05) is 0 Å². The van der Waals surface area contributed by atoms with Crippen LogP contribution in [0.1, 0.15) is 37.0 Å². The van der Waals surface area contributed by atoms with Crippen molar-refractivity contribution in [3.05, 3.63) is 34.3 Å². The lowest BCUT2D eigenvalue weighted by atomic mass is 10.1. The second-order valence-corrected chi connectivity index (χ2v) is 6.69. The number of carbonyl (C=O) groups is 2. The first-order valence-corrected chi connectivity index (χ1v) is 8.86. The van der Waals surface area contributed by atoms with Gasteiger partial charge < -0.3 is 5.73 Å². The Labute approximate surface area is 165 Å². The monoisotopic (exact) mass is 477 g/mol. The number of halogens is 7. The predicted molar refractivity (Wildman–Crippen MR) is 92.0 cm³/mol. The van der Waals surface area contributed by atoms with Gasteiger partial charge in [-0.25, -0.2) is 14.8 Å². The van der Waals surface area contributed by atoms with Gasteiger partial charge in [-0.2, -0.15) is 26.3 Å². The summed E-state index contributed by atoms with van der Waals surface area (Å²) in [5.74, 6) is -1.43. The Morgan fingerprint density at radius 3 is 1.64 bits per heavy atom. The Bertz CT molecular complexity index is 693. The van der Waals surface area contributed by atoms with E-state index in [4.69, 9.17) is 5.73 Å². The lowest BCUT2D eigenvalue weighted by molar-refractivity contribution is -0.239. The van der Waals surface area contributed by atoms with Gasteiger partial charge in [0.1, 0.15) is 6.04 Å². The molecule has 158 valence electrons. The molecular formula is C16H18BrF6N3O2. The predicted octanol–water partition coefficient (Wildman–Crippen LogP) is 4.87. The van der Waals surface area contributed by atoms with E-state index in [2.05, 4.69) is 15.9 Å². The molecule has 0 saturated carbocycles. The Kier molecular flexibility index (Phi) is 7.74. The smallest absolute Gasteiger partial charge is 0.350 e. The minimum absolute atomic E-state index is 0.229. The van der Waals surface area contributed by atoms with E-state index in [9.17, 15) is 35.9 Å². The van der Waals surface area contributed by atoms with E-state index in [0.717, 1.165) is 26.0 Å². The average molecular weight is 478 g/mol. The average Bonchev–Trinajstić information content (AvgIpc) is 2.55. The second kappa shape index (κ2) is 9.01. The number of hydrogen-bond donors (Lipinski definition) is 1. The zero-order chi connectivity index (χ0) is 21.9. The molecule has 0 radical (unpaired) electrons. The zero-order valence-corrected chi connectivity index (χ0v) is 16.4. The van der Waals surface area contributed by atoms with E-state index in [0.29, 0.717) is 4.47 Å². The Balaban J connectivity index is 3.64. The number of alkyl halides is 6. The van der Waals surface area contributed by atoms with Crippen LogP contribution in [0, 0.1) is 0 Å².